The number of rotatable bonds is 8. The molecular formula is C21H21NO5S2. The van der Waals surface area contributed by atoms with Crippen LogP contribution in [0.2, 0.25) is 0 Å². The van der Waals surface area contributed by atoms with Crippen molar-refractivity contribution in [1.82, 2.24) is 0 Å². The minimum atomic E-state index is -3.30. The van der Waals surface area contributed by atoms with Crippen molar-refractivity contribution in [1.29, 1.82) is 0 Å². The molecule has 6 nitrogen and oxygen atoms in total. The van der Waals surface area contributed by atoms with Gasteiger partial charge in [0, 0.05) is 16.5 Å². The minimum Gasteiger partial charge on any atom is -0.465 e. The Labute approximate surface area is 173 Å². The Balaban J connectivity index is 1.62. The van der Waals surface area contributed by atoms with Crippen LogP contribution in [0.4, 0.5) is 5.00 Å². The number of amides is 1. The van der Waals surface area contributed by atoms with Gasteiger partial charge in [-0.2, -0.15) is 0 Å². The van der Waals surface area contributed by atoms with Crippen molar-refractivity contribution < 1.29 is 22.7 Å². The molecule has 0 saturated carbocycles. The summed E-state index contributed by atoms with van der Waals surface area (Å²) in [6.07, 6.45) is 0.252. The Morgan fingerprint density at radius 1 is 1.03 bits per heavy atom. The van der Waals surface area contributed by atoms with E-state index in [1.165, 1.54) is 18.4 Å². The van der Waals surface area contributed by atoms with Crippen molar-refractivity contribution in [2.75, 3.05) is 18.2 Å². The summed E-state index contributed by atoms with van der Waals surface area (Å²) < 4.78 is 30.2. The summed E-state index contributed by atoms with van der Waals surface area (Å²) in [5.74, 6) is -0.982. The van der Waals surface area contributed by atoms with E-state index in [9.17, 15) is 18.0 Å². The summed E-state index contributed by atoms with van der Waals surface area (Å²) in [6, 6.07) is 16.3. The SMILES string of the molecule is COC(=O)c1c(NC(=O)CCCS(=O)(=O)Cc2ccccc2)sc2ccccc12. The smallest absolute Gasteiger partial charge is 0.341 e. The van der Waals surface area contributed by atoms with Crippen LogP contribution in [0, 0.1) is 0 Å². The molecule has 0 saturated heterocycles. The molecule has 1 aromatic heterocycles. The van der Waals surface area contributed by atoms with Crippen LogP contribution in [-0.4, -0.2) is 33.2 Å². The normalized spacial score (nSPS) is 11.3. The van der Waals surface area contributed by atoms with Crippen molar-refractivity contribution in [3.63, 3.8) is 0 Å². The lowest BCUT2D eigenvalue weighted by atomic mass is 10.1. The topological polar surface area (TPSA) is 89.5 Å². The van der Waals surface area contributed by atoms with Gasteiger partial charge in [-0.3, -0.25) is 4.79 Å². The third-order valence-corrected chi connectivity index (χ3v) is 7.10. The second-order valence-electron chi connectivity index (χ2n) is 6.52. The number of sulfone groups is 1. The van der Waals surface area contributed by atoms with Gasteiger partial charge >= 0.3 is 5.97 Å². The highest BCUT2D eigenvalue weighted by Gasteiger charge is 2.21. The van der Waals surface area contributed by atoms with Crippen LogP contribution in [0.3, 0.4) is 0 Å². The molecule has 29 heavy (non-hydrogen) atoms. The summed E-state index contributed by atoms with van der Waals surface area (Å²) >= 11 is 1.29. The Kier molecular flexibility index (Phi) is 6.66. The van der Waals surface area contributed by atoms with Crippen molar-refractivity contribution in [2.24, 2.45) is 0 Å². The van der Waals surface area contributed by atoms with E-state index < -0.39 is 15.8 Å². The van der Waals surface area contributed by atoms with E-state index in [2.05, 4.69) is 5.32 Å². The Bertz CT molecular complexity index is 1120. The number of methoxy groups -OCH3 is 1. The molecule has 0 aliphatic rings. The highest BCUT2D eigenvalue weighted by Crippen LogP contribution is 2.36. The lowest BCUT2D eigenvalue weighted by Crippen LogP contribution is -2.16. The molecule has 0 unspecified atom stereocenters. The fourth-order valence-corrected chi connectivity index (χ4v) is 5.52. The number of carbonyl (C=O) groups excluding carboxylic acids is 2. The molecule has 1 amide bonds. The molecule has 0 atom stereocenters. The number of benzene rings is 2. The Morgan fingerprint density at radius 3 is 2.45 bits per heavy atom. The number of hydrogen-bond acceptors (Lipinski definition) is 6. The fourth-order valence-electron chi connectivity index (χ4n) is 2.98. The van der Waals surface area contributed by atoms with E-state index in [1.807, 2.05) is 24.3 Å². The largest absolute Gasteiger partial charge is 0.465 e. The first-order chi connectivity index (χ1) is 13.9. The molecule has 0 spiro atoms. The number of ether oxygens (including phenoxy) is 1. The number of thiophene rings is 1. The summed E-state index contributed by atoms with van der Waals surface area (Å²) in [5.41, 5.74) is 1.04. The van der Waals surface area contributed by atoms with Gasteiger partial charge in [0.15, 0.2) is 9.84 Å². The van der Waals surface area contributed by atoms with Gasteiger partial charge in [0.2, 0.25) is 5.91 Å². The van der Waals surface area contributed by atoms with E-state index >= 15 is 0 Å². The molecule has 0 fully saturated rings. The van der Waals surface area contributed by atoms with Crippen LogP contribution in [0.5, 0.6) is 0 Å². The maximum Gasteiger partial charge on any atom is 0.341 e. The highest BCUT2D eigenvalue weighted by molar-refractivity contribution is 7.90. The second kappa shape index (κ2) is 9.19. The summed E-state index contributed by atoms with van der Waals surface area (Å²) in [6.45, 7) is 0. The predicted octanol–water partition coefficient (Wildman–Crippen LogP) is 4.02. The standard InChI is InChI=1S/C21H21NO5S2/c1-27-21(24)19-16-10-5-6-11-17(16)28-20(19)22-18(23)12-7-13-29(25,26)14-15-8-3-2-4-9-15/h2-6,8-11H,7,12-14H2,1H3,(H,22,23). The molecule has 0 aliphatic heterocycles. The highest BCUT2D eigenvalue weighted by atomic mass is 32.2. The lowest BCUT2D eigenvalue weighted by Gasteiger charge is -2.07. The number of carbonyl (C=O) groups is 2. The van der Waals surface area contributed by atoms with E-state index in [1.54, 1.807) is 30.3 Å². The van der Waals surface area contributed by atoms with Gasteiger partial charge in [0.1, 0.15) is 10.6 Å². The maximum atomic E-state index is 12.3. The summed E-state index contributed by atoms with van der Waals surface area (Å²) in [4.78, 5) is 24.5. The van der Waals surface area contributed by atoms with Gasteiger partial charge < -0.3 is 10.1 Å². The Hall–Kier alpha value is -2.71. The first-order valence-corrected chi connectivity index (χ1v) is 11.7. The van der Waals surface area contributed by atoms with Crippen LogP contribution < -0.4 is 5.32 Å². The monoisotopic (exact) mass is 431 g/mol. The molecule has 3 rings (SSSR count). The van der Waals surface area contributed by atoms with Crippen LogP contribution in [-0.2, 0) is 25.1 Å². The van der Waals surface area contributed by atoms with E-state index in [4.69, 9.17) is 4.74 Å². The van der Waals surface area contributed by atoms with E-state index in [0.717, 1.165) is 10.3 Å². The average molecular weight is 432 g/mol. The van der Waals surface area contributed by atoms with E-state index in [-0.39, 0.29) is 30.3 Å². The van der Waals surface area contributed by atoms with Gasteiger partial charge in [0.05, 0.1) is 18.6 Å². The van der Waals surface area contributed by atoms with Crippen molar-refractivity contribution in [3.8, 4) is 0 Å². The molecule has 1 heterocycles. The van der Waals surface area contributed by atoms with Crippen LogP contribution in [0.1, 0.15) is 28.8 Å². The third-order valence-electron chi connectivity index (χ3n) is 4.33. The zero-order valence-electron chi connectivity index (χ0n) is 15.9. The molecule has 152 valence electrons. The average Bonchev–Trinajstić information content (AvgIpc) is 3.05. The lowest BCUT2D eigenvalue weighted by molar-refractivity contribution is -0.116. The fraction of sp³-hybridized carbons (Fsp3) is 0.238. The van der Waals surface area contributed by atoms with Crippen LogP contribution in [0.15, 0.2) is 54.6 Å². The molecule has 0 radical (unpaired) electrons. The molecule has 3 aromatic rings. The van der Waals surface area contributed by atoms with Gasteiger partial charge in [0.25, 0.3) is 0 Å². The van der Waals surface area contributed by atoms with Gasteiger partial charge in [-0.25, -0.2) is 13.2 Å². The molecular weight excluding hydrogens is 410 g/mol. The molecule has 1 N–H and O–H groups in total. The quantitative estimate of drug-likeness (QED) is 0.544. The third kappa shape index (κ3) is 5.42. The summed E-state index contributed by atoms with van der Waals surface area (Å²) in [5, 5.41) is 3.86. The van der Waals surface area contributed by atoms with Crippen molar-refractivity contribution >= 4 is 48.1 Å². The summed E-state index contributed by atoms with van der Waals surface area (Å²) in [7, 11) is -2.01. The van der Waals surface area contributed by atoms with Gasteiger partial charge in [-0.15, -0.1) is 11.3 Å². The number of hydrogen-bond donors (Lipinski definition) is 1. The first kappa shape index (κ1) is 21.0. The van der Waals surface area contributed by atoms with Crippen molar-refractivity contribution in [2.45, 2.75) is 18.6 Å². The van der Waals surface area contributed by atoms with Crippen LogP contribution in [0.25, 0.3) is 10.1 Å². The first-order valence-electron chi connectivity index (χ1n) is 9.03. The molecule has 0 aliphatic carbocycles. The number of esters is 1. The Morgan fingerprint density at radius 2 is 1.72 bits per heavy atom. The second-order valence-corrected chi connectivity index (χ2v) is 9.76. The zero-order chi connectivity index (χ0) is 20.9. The minimum absolute atomic E-state index is 0.0434. The number of fused-ring (bicyclic) bond motifs is 1. The number of anilines is 1. The van der Waals surface area contributed by atoms with Gasteiger partial charge in [-0.1, -0.05) is 48.5 Å². The van der Waals surface area contributed by atoms with E-state index in [0.29, 0.717) is 16.0 Å². The van der Waals surface area contributed by atoms with Crippen LogP contribution >= 0.6 is 11.3 Å². The zero-order valence-corrected chi connectivity index (χ0v) is 17.5. The predicted molar refractivity (Wildman–Crippen MR) is 115 cm³/mol. The molecule has 0 bridgehead atoms. The van der Waals surface area contributed by atoms with Crippen molar-refractivity contribution in [3.05, 3.63) is 65.7 Å². The van der Waals surface area contributed by atoms with Gasteiger partial charge in [-0.05, 0) is 18.1 Å². The molecule has 2 aromatic carbocycles. The maximum absolute atomic E-state index is 12.3. The number of nitrogens with one attached hydrogen (secondary N) is 1. The molecule has 8 heteroatoms.